The summed E-state index contributed by atoms with van der Waals surface area (Å²) in [6.07, 6.45) is 20.7. The summed E-state index contributed by atoms with van der Waals surface area (Å²) in [7, 11) is 1.24. The summed E-state index contributed by atoms with van der Waals surface area (Å²) < 4.78 is 29.0. The van der Waals surface area contributed by atoms with Crippen LogP contribution in [0.1, 0.15) is 170 Å². The number of piperidine rings is 1. The van der Waals surface area contributed by atoms with Crippen LogP contribution in [0.4, 0.5) is 5.82 Å². The molecule has 1 aliphatic carbocycles. The number of aromatic nitrogens is 5. The first kappa shape index (κ1) is 73.9. The van der Waals surface area contributed by atoms with Crippen LogP contribution in [0.15, 0.2) is 47.3 Å². The van der Waals surface area contributed by atoms with Crippen LogP contribution in [0.25, 0.3) is 22.0 Å². The first-order valence-corrected chi connectivity index (χ1v) is 33.2. The number of nitrogens with one attached hydrogen (secondary N) is 4. The summed E-state index contributed by atoms with van der Waals surface area (Å²) in [5, 5.41) is 25.2. The molecule has 0 unspecified atom stereocenters. The van der Waals surface area contributed by atoms with Crippen LogP contribution < -0.4 is 21.3 Å². The Bertz CT molecular complexity index is 3090. The number of benzene rings is 1. The van der Waals surface area contributed by atoms with Gasteiger partial charge in [0.05, 0.1) is 45.7 Å². The van der Waals surface area contributed by atoms with Crippen LogP contribution in [0, 0.1) is 19.3 Å². The van der Waals surface area contributed by atoms with Gasteiger partial charge in [-0.2, -0.15) is 5.10 Å². The van der Waals surface area contributed by atoms with Crippen molar-refractivity contribution >= 4 is 85.7 Å². The molecule has 2 fully saturated rings. The average molecular weight is 1350 g/mol. The maximum absolute atomic E-state index is 14.5. The molecule has 504 valence electrons. The number of hydrogen-bond donors (Lipinski definition) is 5. The molecule has 1 saturated heterocycles. The van der Waals surface area contributed by atoms with E-state index in [4.69, 9.17) is 28.8 Å². The molecule has 6 rings (SSSR count). The molecule has 3 aromatic heterocycles. The highest BCUT2D eigenvalue weighted by Crippen LogP contribution is 2.59. The van der Waals surface area contributed by atoms with Crippen LogP contribution in [0.2, 0.25) is 0 Å². The van der Waals surface area contributed by atoms with Gasteiger partial charge in [0.25, 0.3) is 0 Å². The highest BCUT2D eigenvalue weighted by atomic mass is 79.9. The number of amides is 5. The van der Waals surface area contributed by atoms with Gasteiger partial charge in [0, 0.05) is 87.1 Å². The van der Waals surface area contributed by atoms with E-state index in [2.05, 4.69) is 57.2 Å². The molecule has 4 aromatic rings. The van der Waals surface area contributed by atoms with Crippen LogP contribution in [-0.2, 0) is 68.6 Å². The number of carbonyl (C=O) groups is 9. The number of halogens is 1. The topological polar surface area (TPSA) is 328 Å². The second-order valence-electron chi connectivity index (χ2n) is 23.8. The van der Waals surface area contributed by atoms with E-state index in [1.807, 2.05) is 25.1 Å². The molecule has 1 saturated carbocycles. The number of ketones is 2. The summed E-state index contributed by atoms with van der Waals surface area (Å²) in [5.41, 5.74) is 2.46. The Morgan fingerprint density at radius 2 is 1.32 bits per heavy atom. The van der Waals surface area contributed by atoms with Gasteiger partial charge >= 0.3 is 11.9 Å². The molecular weight excluding hydrogens is 1250 g/mol. The monoisotopic (exact) mass is 1340 g/mol. The summed E-state index contributed by atoms with van der Waals surface area (Å²) >= 11 is 3.37. The highest BCUT2D eigenvalue weighted by Gasteiger charge is 2.67. The van der Waals surface area contributed by atoms with E-state index in [9.17, 15) is 43.2 Å². The van der Waals surface area contributed by atoms with Crippen molar-refractivity contribution in [2.45, 2.75) is 187 Å². The molecular formula is C66H93BrN10O15. The van der Waals surface area contributed by atoms with Crippen molar-refractivity contribution in [1.82, 2.24) is 45.6 Å². The van der Waals surface area contributed by atoms with Gasteiger partial charge in [0.2, 0.25) is 29.5 Å². The van der Waals surface area contributed by atoms with Crippen LogP contribution in [0.5, 0.6) is 0 Å². The average Bonchev–Trinajstić information content (AvgIpc) is 1.54. The molecule has 5 N–H and O–H groups in total. The van der Waals surface area contributed by atoms with Gasteiger partial charge in [-0.1, -0.05) is 89.2 Å². The second kappa shape index (κ2) is 39.4. The third-order valence-electron chi connectivity index (χ3n) is 16.5. The summed E-state index contributed by atoms with van der Waals surface area (Å²) in [6.45, 7) is 6.09. The molecule has 1 aliphatic heterocycles. The normalized spacial score (nSPS) is 16.0. The van der Waals surface area contributed by atoms with Gasteiger partial charge < -0.3 is 55.0 Å². The van der Waals surface area contributed by atoms with E-state index in [1.54, 1.807) is 36.4 Å². The van der Waals surface area contributed by atoms with E-state index in [0.717, 1.165) is 55.2 Å². The predicted octanol–water partition coefficient (Wildman–Crippen LogP) is 7.88. The number of carbonyl (C=O) groups excluding carboxylic acids is 8. The minimum atomic E-state index is -0.927. The highest BCUT2D eigenvalue weighted by molar-refractivity contribution is 9.10. The molecule has 1 aromatic carbocycles. The number of esters is 1. The van der Waals surface area contributed by atoms with E-state index in [0.29, 0.717) is 59.4 Å². The van der Waals surface area contributed by atoms with E-state index < -0.39 is 35.3 Å². The maximum atomic E-state index is 14.5. The van der Waals surface area contributed by atoms with Crippen LogP contribution in [-0.4, -0.2) is 179 Å². The number of anilines is 1. The first-order chi connectivity index (χ1) is 44.4. The third kappa shape index (κ3) is 25.1. The molecule has 0 spiro atoms. The van der Waals surface area contributed by atoms with Gasteiger partial charge in [0.15, 0.2) is 11.6 Å². The second-order valence-corrected chi connectivity index (χ2v) is 24.6. The molecule has 5 amide bonds. The maximum Gasteiger partial charge on any atom is 0.328 e. The zero-order chi connectivity index (χ0) is 66.3. The third-order valence-corrected chi connectivity index (χ3v) is 17.0. The molecule has 0 bridgehead atoms. The smallest absolute Gasteiger partial charge is 0.328 e. The fraction of sp³-hybridized carbons (Fsp3) is 0.621. The lowest BCUT2D eigenvalue weighted by Gasteiger charge is -2.27. The largest absolute Gasteiger partial charge is 0.481 e. The summed E-state index contributed by atoms with van der Waals surface area (Å²) in [4.78, 5) is 130. The lowest BCUT2D eigenvalue weighted by Crippen LogP contribution is -2.47. The number of fused-ring (bicyclic) bond motifs is 2. The van der Waals surface area contributed by atoms with Crippen molar-refractivity contribution in [2.75, 3.05) is 78.4 Å². The summed E-state index contributed by atoms with van der Waals surface area (Å²) in [6, 6.07) is 6.88. The number of hydrogen-bond acceptors (Lipinski definition) is 18. The number of carboxylic acids is 1. The van der Waals surface area contributed by atoms with Crippen LogP contribution in [0.3, 0.4) is 0 Å². The molecule has 92 heavy (non-hydrogen) atoms. The molecule has 26 heteroatoms. The Kier molecular flexibility index (Phi) is 31.7. The summed E-state index contributed by atoms with van der Waals surface area (Å²) in [5.74, 6) is -2.45. The quantitative estimate of drug-likeness (QED) is 0.0121. The molecule has 0 radical (unpaired) electrons. The van der Waals surface area contributed by atoms with Crippen molar-refractivity contribution < 1.29 is 71.9 Å². The fourth-order valence-electron chi connectivity index (χ4n) is 11.3. The van der Waals surface area contributed by atoms with Crippen molar-refractivity contribution in [1.29, 1.82) is 0 Å². The number of ether oxygens (including phenoxy) is 5. The predicted molar refractivity (Wildman–Crippen MR) is 345 cm³/mol. The van der Waals surface area contributed by atoms with E-state index in [1.165, 1.54) is 63.7 Å². The van der Waals surface area contributed by atoms with Crippen molar-refractivity contribution in [3.05, 3.63) is 64.4 Å². The van der Waals surface area contributed by atoms with Crippen LogP contribution >= 0.6 is 15.9 Å². The SMILES string of the molecule is COC(=O)[C@H](CCC(=O)NCCOCCOCC(=O)CCCOCCOCC(=O)NC[C@@]12C[C@@H](C(=O)Nc3nc(Br)ccc3C)N(C(=O)Cn3nc(C(C)=O)c4cc(-c5cnc(C)nc5)ccc43)[C@@H]1C2)NC(=O)CCCCCCCCCCCCCCCCC(=O)O. The standard InChI is InChI=1S/C66H93BrN10O15/c1-45-23-27-56(67)73-63(45)74-64(86)54-37-66(38-55(66)77(54)60(83)41-76-53-26-24-48(49-39-69-47(3)70-40-49)36-51(53)62(75-76)46(2)78)44-71-59(82)43-92-35-32-89-30-19-20-50(79)42-91-34-33-90-31-29-68-57(80)28-25-52(65(87)88-4)72-58(81)21-17-15-13-11-9-7-5-6-8-10-12-14-16-18-22-61(84)85/h23-24,26-27,36,39-40,52,54-55H,5-22,25,28-35,37-38,41-44H2,1-4H3,(H,68,80)(H,71,82)(H,72,81)(H,84,85)(H,73,74,86)/t52-,54-,55+,66-/m0/s1. The molecule has 2 aliphatic rings. The van der Waals surface area contributed by atoms with Gasteiger partial charge in [-0.05, 0) is 97.6 Å². The zero-order valence-electron chi connectivity index (χ0n) is 53.8. The Labute approximate surface area is 546 Å². The number of unbranched alkanes of at least 4 members (excludes halogenated alkanes) is 13. The number of likely N-dealkylation sites (tertiary alicyclic amines) is 1. The Morgan fingerprint density at radius 3 is 1.97 bits per heavy atom. The minimum Gasteiger partial charge on any atom is -0.481 e. The van der Waals surface area contributed by atoms with Gasteiger partial charge in [0.1, 0.15) is 53.8 Å². The van der Waals surface area contributed by atoms with Crippen molar-refractivity contribution in [2.24, 2.45) is 5.41 Å². The van der Waals surface area contributed by atoms with Crippen molar-refractivity contribution in [3.63, 3.8) is 0 Å². The lowest BCUT2D eigenvalue weighted by atomic mass is 9.99. The van der Waals surface area contributed by atoms with Crippen molar-refractivity contribution in [3.8, 4) is 11.1 Å². The molecule has 25 nitrogen and oxygen atoms in total. The molecule has 4 heterocycles. The fourth-order valence-corrected chi connectivity index (χ4v) is 11.6. The van der Waals surface area contributed by atoms with Gasteiger partial charge in [-0.25, -0.2) is 19.7 Å². The van der Waals surface area contributed by atoms with Gasteiger partial charge in [-0.15, -0.1) is 0 Å². The Balaban J connectivity index is 0.778. The van der Waals surface area contributed by atoms with E-state index in [-0.39, 0.29) is 145 Å². The minimum absolute atomic E-state index is 0.00232. The Morgan fingerprint density at radius 1 is 0.685 bits per heavy atom. The number of carboxylic acid groups (broad SMARTS) is 1. The Hall–Kier alpha value is -7.13. The number of rotatable bonds is 47. The first-order valence-electron chi connectivity index (χ1n) is 32.4. The zero-order valence-corrected chi connectivity index (χ0v) is 55.4. The number of aryl methyl sites for hydroxylation is 2. The number of nitrogens with zero attached hydrogens (tertiary/aromatic N) is 6. The lowest BCUT2D eigenvalue weighted by molar-refractivity contribution is -0.145. The number of aliphatic carboxylic acids is 1. The molecule has 4 atom stereocenters. The number of methoxy groups -OCH3 is 1. The van der Waals surface area contributed by atoms with E-state index >= 15 is 0 Å². The number of pyridine rings is 1. The van der Waals surface area contributed by atoms with Gasteiger partial charge in [-0.3, -0.25) is 43.0 Å². The number of Topliss-reactive ketones (excluding diaryl/α,β-unsaturated/α-hetero) is 2.